The number of halogens is 2. The van der Waals surface area contributed by atoms with Crippen molar-refractivity contribution in [2.24, 2.45) is 5.92 Å². The summed E-state index contributed by atoms with van der Waals surface area (Å²) < 4.78 is 26.2. The number of amides is 4. The van der Waals surface area contributed by atoms with Gasteiger partial charge < -0.3 is 35.6 Å². The first-order valence-electron chi connectivity index (χ1n) is 15.3. The molecule has 4 amide bonds. The molecule has 5 rings (SSSR count). The van der Waals surface area contributed by atoms with Gasteiger partial charge >= 0.3 is 0 Å². The molecular weight excluding hydrogens is 605 g/mol. The summed E-state index contributed by atoms with van der Waals surface area (Å²) in [6.45, 7) is 4.48. The lowest BCUT2D eigenvalue weighted by Crippen LogP contribution is -2.46. The summed E-state index contributed by atoms with van der Waals surface area (Å²) in [5, 5.41) is 11.7. The van der Waals surface area contributed by atoms with Crippen LogP contribution in [0.15, 0.2) is 36.4 Å². The molecule has 1 fully saturated rings. The summed E-state index contributed by atoms with van der Waals surface area (Å²) in [4.78, 5) is 53.7. The first-order chi connectivity index (χ1) is 21.3. The molecular formula is C32H43ClFN5O6. The van der Waals surface area contributed by atoms with Crippen LogP contribution in [0.3, 0.4) is 0 Å². The maximum atomic E-state index is 15.0. The van der Waals surface area contributed by atoms with Crippen molar-refractivity contribution in [2.75, 3.05) is 39.8 Å². The minimum absolute atomic E-state index is 0. The number of ether oxygens (including phenoxy) is 2. The van der Waals surface area contributed by atoms with Gasteiger partial charge in [-0.1, -0.05) is 13.0 Å². The summed E-state index contributed by atoms with van der Waals surface area (Å²) >= 11 is 0. The Balaban J connectivity index is 0.00000552. The molecule has 1 saturated heterocycles. The number of piperidine rings is 1. The maximum Gasteiger partial charge on any atom is 0.251 e. The van der Waals surface area contributed by atoms with Crippen molar-refractivity contribution in [2.45, 2.75) is 58.0 Å². The van der Waals surface area contributed by atoms with Gasteiger partial charge in [-0.3, -0.25) is 19.2 Å². The lowest BCUT2D eigenvalue weighted by atomic mass is 9.98. The first-order valence-corrected chi connectivity index (χ1v) is 15.3. The molecule has 4 N–H and O–H groups in total. The molecule has 0 radical (unpaired) electrons. The van der Waals surface area contributed by atoms with E-state index in [4.69, 9.17) is 9.47 Å². The van der Waals surface area contributed by atoms with Crippen LogP contribution in [0, 0.1) is 11.7 Å². The minimum Gasteiger partial charge on any atom is -0.493 e. The second-order valence-corrected chi connectivity index (χ2v) is 11.1. The van der Waals surface area contributed by atoms with Crippen molar-refractivity contribution >= 4 is 36.0 Å². The fourth-order valence-corrected chi connectivity index (χ4v) is 5.34. The van der Waals surface area contributed by atoms with Gasteiger partial charge in [0.2, 0.25) is 17.7 Å². The molecule has 2 aromatic rings. The molecule has 2 atom stereocenters. The van der Waals surface area contributed by atoms with Crippen LogP contribution in [-0.4, -0.2) is 74.4 Å². The van der Waals surface area contributed by atoms with Crippen molar-refractivity contribution in [1.82, 2.24) is 26.2 Å². The van der Waals surface area contributed by atoms with E-state index in [0.29, 0.717) is 62.3 Å². The molecule has 45 heavy (non-hydrogen) atoms. The van der Waals surface area contributed by atoms with Crippen molar-refractivity contribution in [3.63, 3.8) is 0 Å². The Morgan fingerprint density at radius 1 is 1.02 bits per heavy atom. The molecule has 0 aromatic heterocycles. The Hall–Kier alpha value is -3.90. The number of carbonyl (C=O) groups excluding carboxylic acids is 4. The summed E-state index contributed by atoms with van der Waals surface area (Å²) in [7, 11) is 1.45. The molecule has 2 aromatic carbocycles. The minimum atomic E-state index is -0.744. The van der Waals surface area contributed by atoms with E-state index in [1.807, 2.05) is 0 Å². The lowest BCUT2D eigenvalue weighted by Gasteiger charge is -2.30. The SMILES string of the molecule is CC[C@@H]1NC(=O)CCCN(C(=O)[C@@H]2CCCNC2)CCCNC(=O)c2ccc(OC)c(c2)Oc2ccc(cc2F)CNC1=O.Cl. The van der Waals surface area contributed by atoms with Crippen LogP contribution in [-0.2, 0) is 20.9 Å². The van der Waals surface area contributed by atoms with Crippen molar-refractivity contribution < 1.29 is 33.0 Å². The Morgan fingerprint density at radius 2 is 1.82 bits per heavy atom. The largest absolute Gasteiger partial charge is 0.493 e. The van der Waals surface area contributed by atoms with Crippen LogP contribution in [0.25, 0.3) is 0 Å². The number of benzene rings is 2. The predicted octanol–water partition coefficient (Wildman–Crippen LogP) is 3.30. The van der Waals surface area contributed by atoms with Crippen LogP contribution in [0.2, 0.25) is 0 Å². The van der Waals surface area contributed by atoms with Gasteiger partial charge in [-0.05, 0) is 74.5 Å². The van der Waals surface area contributed by atoms with Gasteiger partial charge in [-0.2, -0.15) is 0 Å². The quantitative estimate of drug-likeness (QED) is 0.401. The molecule has 3 heterocycles. The number of hydrogen-bond donors (Lipinski definition) is 4. The molecule has 246 valence electrons. The van der Waals surface area contributed by atoms with Gasteiger partial charge in [-0.15, -0.1) is 12.4 Å². The average Bonchev–Trinajstić information content (AvgIpc) is 3.04. The zero-order valence-corrected chi connectivity index (χ0v) is 26.6. The van der Waals surface area contributed by atoms with Crippen LogP contribution >= 0.6 is 12.4 Å². The Kier molecular flexibility index (Phi) is 13.9. The number of hydrogen-bond acceptors (Lipinski definition) is 7. The van der Waals surface area contributed by atoms with E-state index in [1.54, 1.807) is 30.0 Å². The molecule has 4 bridgehead atoms. The second kappa shape index (κ2) is 17.6. The fraction of sp³-hybridized carbons (Fsp3) is 0.500. The van der Waals surface area contributed by atoms with Gasteiger partial charge in [0.1, 0.15) is 6.04 Å². The Bertz CT molecular complexity index is 1340. The maximum absolute atomic E-state index is 15.0. The molecule has 13 heteroatoms. The molecule has 0 spiro atoms. The highest BCUT2D eigenvalue weighted by Gasteiger charge is 2.26. The molecule has 11 nitrogen and oxygen atoms in total. The highest BCUT2D eigenvalue weighted by atomic mass is 35.5. The van der Waals surface area contributed by atoms with E-state index in [1.165, 1.54) is 25.3 Å². The number of carbonyl (C=O) groups is 4. The van der Waals surface area contributed by atoms with Gasteiger partial charge in [0.05, 0.1) is 13.0 Å². The zero-order chi connectivity index (χ0) is 31.5. The lowest BCUT2D eigenvalue weighted by molar-refractivity contribution is -0.136. The second-order valence-electron chi connectivity index (χ2n) is 11.1. The van der Waals surface area contributed by atoms with Gasteiger partial charge in [0.15, 0.2) is 23.1 Å². The average molecular weight is 648 g/mol. The van der Waals surface area contributed by atoms with Crippen LogP contribution < -0.4 is 30.7 Å². The number of rotatable bonds is 3. The van der Waals surface area contributed by atoms with Crippen LogP contribution in [0.5, 0.6) is 17.2 Å². The van der Waals surface area contributed by atoms with Gasteiger partial charge in [0, 0.05) is 44.7 Å². The van der Waals surface area contributed by atoms with Crippen molar-refractivity contribution in [3.05, 3.63) is 53.3 Å². The highest BCUT2D eigenvalue weighted by Crippen LogP contribution is 2.34. The first kappa shape index (κ1) is 35.6. The predicted molar refractivity (Wildman–Crippen MR) is 169 cm³/mol. The zero-order valence-electron chi connectivity index (χ0n) is 25.8. The summed E-state index contributed by atoms with van der Waals surface area (Å²) in [5.74, 6) is -1.34. The normalized spacial score (nSPS) is 20.5. The number of nitrogens with zero attached hydrogens (tertiary/aromatic N) is 1. The Morgan fingerprint density at radius 3 is 2.53 bits per heavy atom. The molecule has 0 unspecified atom stereocenters. The topological polar surface area (TPSA) is 138 Å². The molecule has 0 saturated carbocycles. The van der Waals surface area contributed by atoms with Gasteiger partial charge in [-0.25, -0.2) is 4.39 Å². The third kappa shape index (κ3) is 10.1. The van der Waals surface area contributed by atoms with E-state index >= 15 is 4.39 Å². The monoisotopic (exact) mass is 647 g/mol. The number of nitrogens with one attached hydrogen (secondary N) is 4. The van der Waals surface area contributed by atoms with Crippen molar-refractivity contribution in [3.8, 4) is 17.2 Å². The van der Waals surface area contributed by atoms with E-state index in [2.05, 4.69) is 21.3 Å². The summed E-state index contributed by atoms with van der Waals surface area (Å²) in [6, 6.07) is 8.21. The van der Waals surface area contributed by atoms with Crippen molar-refractivity contribution in [1.29, 1.82) is 0 Å². The fourth-order valence-electron chi connectivity index (χ4n) is 5.34. The third-order valence-electron chi connectivity index (χ3n) is 7.85. The highest BCUT2D eigenvalue weighted by molar-refractivity contribution is 5.95. The van der Waals surface area contributed by atoms with E-state index in [-0.39, 0.29) is 66.4 Å². The third-order valence-corrected chi connectivity index (χ3v) is 7.85. The summed E-state index contributed by atoms with van der Waals surface area (Å²) in [5.41, 5.74) is 0.803. The molecule has 3 aliphatic rings. The smallest absolute Gasteiger partial charge is 0.251 e. The van der Waals surface area contributed by atoms with E-state index < -0.39 is 11.9 Å². The number of methoxy groups -OCH3 is 1. The van der Waals surface area contributed by atoms with E-state index in [0.717, 1.165) is 19.4 Å². The molecule has 0 aliphatic carbocycles. The van der Waals surface area contributed by atoms with Crippen LogP contribution in [0.4, 0.5) is 4.39 Å². The van der Waals surface area contributed by atoms with E-state index in [9.17, 15) is 19.2 Å². The molecule has 3 aliphatic heterocycles. The van der Waals surface area contributed by atoms with Gasteiger partial charge in [0.25, 0.3) is 5.91 Å². The number of fused-ring (bicyclic) bond motifs is 16. The standard InChI is InChI=1S/C32H42FN5O6.ClH/c1-3-25-31(41)36-19-21-9-11-26(24(33)17-21)44-28-18-22(10-12-27(28)43-2)30(40)35-14-6-16-38(15-5-8-29(39)37-25)32(42)23-7-4-13-34-20-23;/h9-12,17-18,23,25,34H,3-8,13-16,19-20H2,1-2H3,(H,35,40)(H,36,41)(H,37,39);1H/t23-,25+;/m1./s1. The summed E-state index contributed by atoms with van der Waals surface area (Å²) in [6.07, 6.45) is 3.21. The van der Waals surface area contributed by atoms with Crippen LogP contribution in [0.1, 0.15) is 61.4 Å². The Labute approximate surface area is 269 Å².